The molecule has 0 aliphatic carbocycles. The molecule has 0 radical (unpaired) electrons. The van der Waals surface area contributed by atoms with E-state index in [1.54, 1.807) is 4.90 Å². The molecule has 2 saturated heterocycles. The van der Waals surface area contributed by atoms with Crippen LogP contribution in [0.4, 0.5) is 5.69 Å². The van der Waals surface area contributed by atoms with Crippen LogP contribution in [0.3, 0.4) is 0 Å². The second-order valence-corrected chi connectivity index (χ2v) is 10.3. The predicted octanol–water partition coefficient (Wildman–Crippen LogP) is 4.17. The molecule has 2 amide bonds. The lowest BCUT2D eigenvalue weighted by atomic mass is 10.1. The molecule has 0 spiro atoms. The highest BCUT2D eigenvalue weighted by molar-refractivity contribution is 5.99. The van der Waals surface area contributed by atoms with Gasteiger partial charge in [-0.15, -0.1) is 0 Å². The highest BCUT2D eigenvalue weighted by Crippen LogP contribution is 2.20. The molecule has 7 heteroatoms. The van der Waals surface area contributed by atoms with Gasteiger partial charge >= 0.3 is 0 Å². The third-order valence-electron chi connectivity index (χ3n) is 7.05. The van der Waals surface area contributed by atoms with Crippen LogP contribution >= 0.6 is 0 Å². The molecule has 7 nitrogen and oxygen atoms in total. The highest BCUT2D eigenvalue weighted by atomic mass is 16.5. The molecule has 194 valence electrons. The van der Waals surface area contributed by atoms with Crippen molar-refractivity contribution in [3.63, 3.8) is 0 Å². The molecule has 36 heavy (non-hydrogen) atoms. The summed E-state index contributed by atoms with van der Waals surface area (Å²) in [5.41, 5.74) is 4.66. The molecule has 2 fully saturated rings. The number of ether oxygens (including phenoxy) is 2. The molecule has 0 saturated carbocycles. The Labute approximate surface area is 214 Å². The van der Waals surface area contributed by atoms with E-state index in [1.165, 1.54) is 0 Å². The van der Waals surface area contributed by atoms with Gasteiger partial charge in [0.25, 0.3) is 5.91 Å². The summed E-state index contributed by atoms with van der Waals surface area (Å²) in [6.07, 6.45) is 2.28. The monoisotopic (exact) mass is 493 g/mol. The van der Waals surface area contributed by atoms with E-state index in [0.717, 1.165) is 54.9 Å². The third kappa shape index (κ3) is 6.93. The minimum absolute atomic E-state index is 0.0165. The largest absolute Gasteiger partial charge is 0.376 e. The Bertz CT molecular complexity index is 1040. The molecule has 2 aromatic carbocycles. The minimum Gasteiger partial charge on any atom is -0.376 e. The van der Waals surface area contributed by atoms with Crippen molar-refractivity contribution in [2.24, 2.45) is 0 Å². The lowest BCUT2D eigenvalue weighted by molar-refractivity contribution is -0.117. The number of nitrogens with one attached hydrogen (secondary N) is 1. The molecule has 0 aromatic heterocycles. The maximum atomic E-state index is 13.5. The van der Waals surface area contributed by atoms with E-state index in [2.05, 4.69) is 24.1 Å². The topological polar surface area (TPSA) is 71.1 Å². The smallest absolute Gasteiger partial charge is 0.254 e. The molecule has 4 rings (SSSR count). The van der Waals surface area contributed by atoms with Crippen LogP contribution in [0.2, 0.25) is 0 Å². The van der Waals surface area contributed by atoms with Gasteiger partial charge in [-0.1, -0.05) is 24.3 Å². The number of anilines is 1. The first-order valence-corrected chi connectivity index (χ1v) is 13.0. The summed E-state index contributed by atoms with van der Waals surface area (Å²) in [6.45, 7) is 11.9. The van der Waals surface area contributed by atoms with Gasteiger partial charge in [-0.25, -0.2) is 0 Å². The van der Waals surface area contributed by atoms with Crippen LogP contribution in [0, 0.1) is 13.8 Å². The van der Waals surface area contributed by atoms with Crippen molar-refractivity contribution in [1.82, 2.24) is 9.80 Å². The van der Waals surface area contributed by atoms with Crippen LogP contribution in [0.25, 0.3) is 0 Å². The highest BCUT2D eigenvalue weighted by Gasteiger charge is 2.26. The maximum absolute atomic E-state index is 13.5. The zero-order valence-corrected chi connectivity index (χ0v) is 22.0. The second-order valence-electron chi connectivity index (χ2n) is 10.3. The maximum Gasteiger partial charge on any atom is 0.254 e. The lowest BCUT2D eigenvalue weighted by Crippen LogP contribution is -2.44. The van der Waals surface area contributed by atoms with Crippen molar-refractivity contribution in [3.8, 4) is 0 Å². The molecule has 1 N–H and O–H groups in total. The van der Waals surface area contributed by atoms with Crippen LogP contribution in [0.5, 0.6) is 0 Å². The molecule has 3 unspecified atom stereocenters. The standard InChI is InChI=1S/C29H39N3O4/c1-20-7-5-9-27(23(20)4)30-28(33)19-32(18-26-8-6-14-35-26)29(34)25-12-10-24(11-13-25)17-31-15-21(2)36-22(3)16-31/h5,7,9-13,21-22,26H,6,8,14-19H2,1-4H3,(H,30,33). The van der Waals surface area contributed by atoms with Gasteiger partial charge in [0.2, 0.25) is 5.91 Å². The summed E-state index contributed by atoms with van der Waals surface area (Å²) >= 11 is 0. The van der Waals surface area contributed by atoms with Gasteiger partial charge in [0.15, 0.2) is 0 Å². The fourth-order valence-corrected chi connectivity index (χ4v) is 5.11. The summed E-state index contributed by atoms with van der Waals surface area (Å²) in [6, 6.07) is 13.6. The van der Waals surface area contributed by atoms with Gasteiger partial charge in [-0.2, -0.15) is 0 Å². The number of carbonyl (C=O) groups is 2. The number of hydrogen-bond acceptors (Lipinski definition) is 5. The SMILES string of the molecule is Cc1cccc(NC(=O)CN(CC2CCCO2)C(=O)c2ccc(CN3CC(C)OC(C)C3)cc2)c1C. The number of rotatable bonds is 8. The van der Waals surface area contributed by atoms with Crippen LogP contribution < -0.4 is 5.32 Å². The van der Waals surface area contributed by atoms with Gasteiger partial charge in [-0.05, 0) is 75.4 Å². The molecule has 2 aromatic rings. The summed E-state index contributed by atoms with van der Waals surface area (Å²) in [5.74, 6) is -0.357. The molecule has 3 atom stereocenters. The molecule has 0 bridgehead atoms. The van der Waals surface area contributed by atoms with Gasteiger partial charge in [0.05, 0.1) is 18.3 Å². The first kappa shape index (κ1) is 26.3. The van der Waals surface area contributed by atoms with Gasteiger partial charge < -0.3 is 19.7 Å². The Morgan fingerprint density at radius 3 is 2.44 bits per heavy atom. The Kier molecular flexibility index (Phi) is 8.77. The van der Waals surface area contributed by atoms with E-state index in [1.807, 2.05) is 56.3 Å². The molecular weight excluding hydrogens is 454 g/mol. The van der Waals surface area contributed by atoms with Gasteiger partial charge in [-0.3, -0.25) is 14.5 Å². The van der Waals surface area contributed by atoms with Crippen molar-refractivity contribution in [3.05, 3.63) is 64.7 Å². The first-order valence-electron chi connectivity index (χ1n) is 13.0. The summed E-state index contributed by atoms with van der Waals surface area (Å²) in [4.78, 5) is 30.5. The van der Waals surface area contributed by atoms with Gasteiger partial charge in [0, 0.05) is 44.0 Å². The van der Waals surface area contributed by atoms with Crippen LogP contribution in [-0.4, -0.2) is 72.7 Å². The van der Waals surface area contributed by atoms with E-state index in [0.29, 0.717) is 18.7 Å². The number of nitrogens with zero attached hydrogens (tertiary/aromatic N) is 2. The lowest BCUT2D eigenvalue weighted by Gasteiger charge is -2.35. The van der Waals surface area contributed by atoms with Crippen molar-refractivity contribution >= 4 is 17.5 Å². The van der Waals surface area contributed by atoms with Crippen LogP contribution in [0.15, 0.2) is 42.5 Å². The Hall–Kier alpha value is -2.74. The number of amides is 2. The van der Waals surface area contributed by atoms with Crippen molar-refractivity contribution in [1.29, 1.82) is 0 Å². The summed E-state index contributed by atoms with van der Waals surface area (Å²) in [5, 5.41) is 2.99. The van der Waals surface area contributed by atoms with E-state index < -0.39 is 0 Å². The average Bonchev–Trinajstić information content (AvgIpc) is 3.34. The van der Waals surface area contributed by atoms with Gasteiger partial charge in [0.1, 0.15) is 6.54 Å². The predicted molar refractivity (Wildman–Crippen MR) is 141 cm³/mol. The van der Waals surface area contributed by atoms with Crippen molar-refractivity contribution in [2.45, 2.75) is 65.4 Å². The van der Waals surface area contributed by atoms with E-state index in [-0.39, 0.29) is 36.7 Å². The van der Waals surface area contributed by atoms with Crippen molar-refractivity contribution < 1.29 is 19.1 Å². The van der Waals surface area contributed by atoms with Crippen LogP contribution in [-0.2, 0) is 20.8 Å². The number of benzene rings is 2. The summed E-state index contributed by atoms with van der Waals surface area (Å²) < 4.78 is 11.6. The normalized spacial score (nSPS) is 22.4. The molecule has 2 aliphatic heterocycles. The average molecular weight is 494 g/mol. The van der Waals surface area contributed by atoms with E-state index in [4.69, 9.17) is 9.47 Å². The Morgan fingerprint density at radius 2 is 1.78 bits per heavy atom. The quantitative estimate of drug-likeness (QED) is 0.598. The van der Waals surface area contributed by atoms with Crippen LogP contribution in [0.1, 0.15) is 53.7 Å². The molecular formula is C29H39N3O4. The third-order valence-corrected chi connectivity index (χ3v) is 7.05. The fraction of sp³-hybridized carbons (Fsp3) is 0.517. The number of hydrogen-bond donors (Lipinski definition) is 1. The Balaban J connectivity index is 1.43. The van der Waals surface area contributed by atoms with E-state index >= 15 is 0 Å². The zero-order chi connectivity index (χ0) is 25.7. The summed E-state index contributed by atoms with van der Waals surface area (Å²) in [7, 11) is 0. The Morgan fingerprint density at radius 1 is 1.06 bits per heavy atom. The second kappa shape index (κ2) is 12.0. The molecule has 2 heterocycles. The molecule has 2 aliphatic rings. The first-order chi connectivity index (χ1) is 17.3. The number of aryl methyl sites for hydroxylation is 1. The number of carbonyl (C=O) groups excluding carboxylic acids is 2. The van der Waals surface area contributed by atoms with Crippen molar-refractivity contribution in [2.75, 3.05) is 38.1 Å². The zero-order valence-electron chi connectivity index (χ0n) is 22.0. The number of morpholine rings is 1. The minimum atomic E-state index is -0.206. The fourth-order valence-electron chi connectivity index (χ4n) is 5.11. The van der Waals surface area contributed by atoms with E-state index in [9.17, 15) is 9.59 Å².